The van der Waals surface area contributed by atoms with Crippen LogP contribution in [0.15, 0.2) is 11.1 Å². The van der Waals surface area contributed by atoms with E-state index in [1.165, 1.54) is 15.6 Å². The van der Waals surface area contributed by atoms with E-state index >= 15 is 0 Å². The standard InChI is InChI=1S/C6H9N3O2/c1-8-4-7-9(6(8)10)2-5-3-11-5/h4-5H,2-3H2,1H3/t5-/m1/s1. The summed E-state index contributed by atoms with van der Waals surface area (Å²) in [6, 6.07) is 0. The lowest BCUT2D eigenvalue weighted by Crippen LogP contribution is -2.24. The van der Waals surface area contributed by atoms with Crippen molar-refractivity contribution < 1.29 is 4.74 Å². The van der Waals surface area contributed by atoms with Crippen LogP contribution >= 0.6 is 0 Å². The fourth-order valence-corrected chi connectivity index (χ4v) is 0.912. The van der Waals surface area contributed by atoms with Crippen molar-refractivity contribution in [2.45, 2.75) is 12.6 Å². The van der Waals surface area contributed by atoms with Crippen molar-refractivity contribution in [2.24, 2.45) is 7.05 Å². The van der Waals surface area contributed by atoms with Crippen LogP contribution in [-0.2, 0) is 18.3 Å². The Labute approximate surface area is 63.2 Å². The number of nitrogens with zero attached hydrogens (tertiary/aromatic N) is 3. The quantitative estimate of drug-likeness (QED) is 0.514. The van der Waals surface area contributed by atoms with Gasteiger partial charge < -0.3 is 4.74 Å². The van der Waals surface area contributed by atoms with E-state index in [4.69, 9.17) is 4.74 Å². The molecule has 5 heteroatoms. The van der Waals surface area contributed by atoms with E-state index in [9.17, 15) is 4.79 Å². The summed E-state index contributed by atoms with van der Waals surface area (Å²) >= 11 is 0. The third-order valence-electron chi connectivity index (χ3n) is 1.67. The van der Waals surface area contributed by atoms with Gasteiger partial charge in [-0.3, -0.25) is 4.57 Å². The lowest BCUT2D eigenvalue weighted by atomic mass is 10.5. The molecule has 0 radical (unpaired) electrons. The summed E-state index contributed by atoms with van der Waals surface area (Å²) in [5.74, 6) is 0. The SMILES string of the molecule is Cn1cnn(C[C@@H]2CO2)c1=O. The van der Waals surface area contributed by atoms with Crippen LogP contribution in [0, 0.1) is 0 Å². The molecule has 0 aliphatic carbocycles. The van der Waals surface area contributed by atoms with Crippen molar-refractivity contribution >= 4 is 0 Å². The number of hydrogen-bond acceptors (Lipinski definition) is 3. The Morgan fingerprint density at radius 1 is 1.91 bits per heavy atom. The first-order chi connectivity index (χ1) is 5.27. The average Bonchev–Trinajstić information content (AvgIpc) is 2.74. The average molecular weight is 155 g/mol. The molecule has 0 aromatic carbocycles. The molecule has 5 nitrogen and oxygen atoms in total. The van der Waals surface area contributed by atoms with Crippen molar-refractivity contribution in [3.63, 3.8) is 0 Å². The number of ether oxygens (including phenoxy) is 1. The number of epoxide rings is 1. The zero-order valence-electron chi connectivity index (χ0n) is 6.23. The molecule has 1 aliphatic heterocycles. The van der Waals surface area contributed by atoms with Crippen molar-refractivity contribution in [3.8, 4) is 0 Å². The van der Waals surface area contributed by atoms with Crippen LogP contribution in [0.3, 0.4) is 0 Å². The Balaban J connectivity index is 2.22. The molecule has 0 spiro atoms. The van der Waals surface area contributed by atoms with Crippen LogP contribution in [0.25, 0.3) is 0 Å². The Bertz CT molecular complexity index is 310. The van der Waals surface area contributed by atoms with Crippen LogP contribution in [0.5, 0.6) is 0 Å². The van der Waals surface area contributed by atoms with Gasteiger partial charge in [-0.25, -0.2) is 9.48 Å². The zero-order valence-corrected chi connectivity index (χ0v) is 6.23. The van der Waals surface area contributed by atoms with E-state index in [-0.39, 0.29) is 11.8 Å². The summed E-state index contributed by atoms with van der Waals surface area (Å²) < 4.78 is 7.83. The maximum atomic E-state index is 11.1. The first-order valence-corrected chi connectivity index (χ1v) is 3.47. The van der Waals surface area contributed by atoms with Crippen LogP contribution in [0.4, 0.5) is 0 Å². The van der Waals surface area contributed by atoms with Gasteiger partial charge in [0.15, 0.2) is 0 Å². The predicted octanol–water partition coefficient (Wildman–Crippen LogP) is -1.02. The molecule has 2 rings (SSSR count). The Morgan fingerprint density at radius 3 is 3.09 bits per heavy atom. The van der Waals surface area contributed by atoms with E-state index in [1.54, 1.807) is 7.05 Å². The molecule has 1 saturated heterocycles. The molecule has 60 valence electrons. The molecule has 1 aromatic heterocycles. The van der Waals surface area contributed by atoms with Gasteiger partial charge >= 0.3 is 5.69 Å². The maximum absolute atomic E-state index is 11.1. The van der Waals surface area contributed by atoms with Crippen LogP contribution in [0.2, 0.25) is 0 Å². The fraction of sp³-hybridized carbons (Fsp3) is 0.667. The minimum absolute atomic E-state index is 0.0829. The molecule has 11 heavy (non-hydrogen) atoms. The normalized spacial score (nSPS) is 22.1. The second-order valence-electron chi connectivity index (χ2n) is 2.66. The maximum Gasteiger partial charge on any atom is 0.345 e. The molecule has 0 unspecified atom stereocenters. The number of aromatic nitrogens is 3. The molecule has 0 saturated carbocycles. The summed E-state index contributed by atoms with van der Waals surface area (Å²) in [7, 11) is 1.68. The molecule has 1 aliphatic rings. The molecule has 0 amide bonds. The minimum atomic E-state index is -0.0829. The second-order valence-corrected chi connectivity index (χ2v) is 2.66. The van der Waals surface area contributed by atoms with Gasteiger partial charge in [-0.15, -0.1) is 0 Å². The van der Waals surface area contributed by atoms with E-state index < -0.39 is 0 Å². The van der Waals surface area contributed by atoms with Crippen LogP contribution in [-0.4, -0.2) is 27.1 Å². The lowest BCUT2D eigenvalue weighted by Gasteiger charge is -1.91. The van der Waals surface area contributed by atoms with Gasteiger partial charge in [0.05, 0.1) is 13.2 Å². The van der Waals surface area contributed by atoms with E-state index in [2.05, 4.69) is 5.10 Å². The number of aryl methyl sites for hydroxylation is 1. The summed E-state index contributed by atoms with van der Waals surface area (Å²) in [6.45, 7) is 1.34. The molecular weight excluding hydrogens is 146 g/mol. The zero-order chi connectivity index (χ0) is 7.84. The highest BCUT2D eigenvalue weighted by Crippen LogP contribution is 2.09. The van der Waals surface area contributed by atoms with Gasteiger partial charge in [0, 0.05) is 7.05 Å². The fourth-order valence-electron chi connectivity index (χ4n) is 0.912. The summed E-state index contributed by atoms with van der Waals surface area (Å²) in [5.41, 5.74) is -0.0829. The molecule has 2 heterocycles. The van der Waals surface area contributed by atoms with E-state index in [0.717, 1.165) is 6.61 Å². The lowest BCUT2D eigenvalue weighted by molar-refractivity contribution is 0.369. The number of rotatable bonds is 2. The van der Waals surface area contributed by atoms with Crippen molar-refractivity contribution in [1.82, 2.24) is 14.3 Å². The molecule has 1 aromatic rings. The van der Waals surface area contributed by atoms with Crippen LogP contribution < -0.4 is 5.69 Å². The van der Waals surface area contributed by atoms with Gasteiger partial charge in [0.1, 0.15) is 12.4 Å². The van der Waals surface area contributed by atoms with Gasteiger partial charge in [-0.2, -0.15) is 5.10 Å². The predicted molar refractivity (Wildman–Crippen MR) is 37.2 cm³/mol. The molecular formula is C6H9N3O2. The van der Waals surface area contributed by atoms with E-state index in [0.29, 0.717) is 6.54 Å². The Kier molecular flexibility index (Phi) is 1.32. The Hall–Kier alpha value is -1.10. The molecule has 0 bridgehead atoms. The third kappa shape index (κ3) is 1.19. The topological polar surface area (TPSA) is 52.4 Å². The molecule has 1 atom stereocenters. The molecule has 0 N–H and O–H groups in total. The summed E-state index contributed by atoms with van der Waals surface area (Å²) in [4.78, 5) is 11.1. The minimum Gasteiger partial charge on any atom is -0.371 e. The summed E-state index contributed by atoms with van der Waals surface area (Å²) in [6.07, 6.45) is 1.72. The summed E-state index contributed by atoms with van der Waals surface area (Å²) in [5, 5.41) is 3.88. The van der Waals surface area contributed by atoms with Crippen molar-refractivity contribution in [2.75, 3.05) is 6.61 Å². The Morgan fingerprint density at radius 2 is 2.64 bits per heavy atom. The first-order valence-electron chi connectivity index (χ1n) is 3.47. The highest BCUT2D eigenvalue weighted by Gasteiger charge is 2.24. The van der Waals surface area contributed by atoms with Crippen molar-refractivity contribution in [1.29, 1.82) is 0 Å². The second kappa shape index (κ2) is 2.20. The highest BCUT2D eigenvalue weighted by molar-refractivity contribution is 4.72. The van der Waals surface area contributed by atoms with Crippen molar-refractivity contribution in [3.05, 3.63) is 16.8 Å². The largest absolute Gasteiger partial charge is 0.371 e. The number of hydrogen-bond donors (Lipinski definition) is 0. The van der Waals surface area contributed by atoms with Gasteiger partial charge in [0.2, 0.25) is 0 Å². The third-order valence-corrected chi connectivity index (χ3v) is 1.67. The molecule has 1 fully saturated rings. The van der Waals surface area contributed by atoms with Gasteiger partial charge in [0.25, 0.3) is 0 Å². The van der Waals surface area contributed by atoms with Crippen LogP contribution in [0.1, 0.15) is 0 Å². The monoisotopic (exact) mass is 155 g/mol. The first kappa shape index (κ1) is 6.60. The van der Waals surface area contributed by atoms with Gasteiger partial charge in [-0.05, 0) is 0 Å². The smallest absolute Gasteiger partial charge is 0.345 e. The van der Waals surface area contributed by atoms with Gasteiger partial charge in [-0.1, -0.05) is 0 Å². The highest BCUT2D eigenvalue weighted by atomic mass is 16.6. The van der Waals surface area contributed by atoms with E-state index in [1.807, 2.05) is 0 Å².